The van der Waals surface area contributed by atoms with Crippen molar-refractivity contribution in [3.05, 3.63) is 36.2 Å². The van der Waals surface area contributed by atoms with Crippen molar-refractivity contribution in [2.45, 2.75) is 44.6 Å². The van der Waals surface area contributed by atoms with Crippen LogP contribution >= 0.6 is 0 Å². The van der Waals surface area contributed by atoms with Crippen molar-refractivity contribution in [2.24, 2.45) is 11.7 Å². The van der Waals surface area contributed by atoms with Crippen molar-refractivity contribution < 1.29 is 4.79 Å². The van der Waals surface area contributed by atoms with E-state index in [9.17, 15) is 4.79 Å². The van der Waals surface area contributed by atoms with Gasteiger partial charge in [0.15, 0.2) is 0 Å². The zero-order valence-electron chi connectivity index (χ0n) is 14.0. The normalized spacial score (nSPS) is 17.4. The van der Waals surface area contributed by atoms with Gasteiger partial charge in [0.05, 0.1) is 0 Å². The second-order valence-electron chi connectivity index (χ2n) is 6.66. The number of aromatic nitrogens is 2. The summed E-state index contributed by atoms with van der Waals surface area (Å²) in [5.74, 6) is 0.621. The van der Waals surface area contributed by atoms with Gasteiger partial charge in [-0.2, -0.15) is 0 Å². The fraction of sp³-hybridized carbons (Fsp3) is 0.474. The summed E-state index contributed by atoms with van der Waals surface area (Å²) in [5, 5.41) is 4.06. The summed E-state index contributed by atoms with van der Waals surface area (Å²) in [6.07, 6.45) is 14.5. The van der Waals surface area contributed by atoms with Crippen LogP contribution in [0, 0.1) is 5.92 Å². The predicted molar refractivity (Wildman–Crippen MR) is 97.3 cm³/mol. The molecule has 0 radical (unpaired) electrons. The number of hydrogen-bond donors (Lipinski definition) is 3. The molecule has 24 heavy (non-hydrogen) atoms. The van der Waals surface area contributed by atoms with E-state index in [2.05, 4.69) is 15.3 Å². The first-order valence-electron chi connectivity index (χ1n) is 8.87. The lowest BCUT2D eigenvalue weighted by Crippen LogP contribution is -2.40. The second kappa shape index (κ2) is 8.11. The first kappa shape index (κ1) is 16.7. The van der Waals surface area contributed by atoms with Gasteiger partial charge in [0.2, 0.25) is 5.91 Å². The van der Waals surface area contributed by atoms with Gasteiger partial charge in [-0.1, -0.05) is 32.1 Å². The third-order valence-electron chi connectivity index (χ3n) is 4.87. The van der Waals surface area contributed by atoms with Crippen LogP contribution in [0.4, 0.5) is 0 Å². The largest absolute Gasteiger partial charge is 0.349 e. The number of H-pyrrole nitrogens is 1. The first-order valence-corrected chi connectivity index (χ1v) is 8.87. The molecule has 0 saturated heterocycles. The quantitative estimate of drug-likeness (QED) is 0.714. The Balaban J connectivity index is 1.57. The molecule has 1 aliphatic carbocycles. The molecule has 0 aliphatic heterocycles. The Morgan fingerprint density at radius 1 is 1.42 bits per heavy atom. The number of carbonyl (C=O) groups is 1. The van der Waals surface area contributed by atoms with Crippen LogP contribution < -0.4 is 11.1 Å². The van der Waals surface area contributed by atoms with E-state index in [-0.39, 0.29) is 11.9 Å². The highest BCUT2D eigenvalue weighted by atomic mass is 16.1. The second-order valence-corrected chi connectivity index (χ2v) is 6.66. The van der Waals surface area contributed by atoms with Crippen molar-refractivity contribution in [1.29, 1.82) is 0 Å². The third-order valence-corrected chi connectivity index (χ3v) is 4.87. The number of aromatic amines is 1. The van der Waals surface area contributed by atoms with Gasteiger partial charge in [0.1, 0.15) is 5.65 Å². The average molecular weight is 326 g/mol. The van der Waals surface area contributed by atoms with Crippen LogP contribution in [-0.4, -0.2) is 28.5 Å². The fourth-order valence-corrected chi connectivity index (χ4v) is 3.57. The SMILES string of the molecule is NC[C@H](CC1CCCCC1)NC(=O)/C=C/c1c[nH]c2ncccc12. The van der Waals surface area contributed by atoms with Gasteiger partial charge in [0.25, 0.3) is 0 Å². The lowest BCUT2D eigenvalue weighted by Gasteiger charge is -2.26. The van der Waals surface area contributed by atoms with Gasteiger partial charge in [0, 0.05) is 42.0 Å². The Hall–Kier alpha value is -2.14. The number of nitrogens with one attached hydrogen (secondary N) is 2. The standard InChI is InChI=1S/C19H26N4O/c20-12-16(11-14-5-2-1-3-6-14)23-18(24)9-8-15-13-22-19-17(15)7-4-10-21-19/h4,7-10,13-14,16H,1-3,5-6,11-12,20H2,(H,21,22)(H,23,24)/b9-8+/t16-/m0/s1. The van der Waals surface area contributed by atoms with Crippen LogP contribution in [0.3, 0.4) is 0 Å². The predicted octanol–water partition coefficient (Wildman–Crippen LogP) is 2.99. The summed E-state index contributed by atoms with van der Waals surface area (Å²) in [5.41, 5.74) is 7.64. The van der Waals surface area contributed by atoms with Gasteiger partial charge in [-0.15, -0.1) is 0 Å². The smallest absolute Gasteiger partial charge is 0.244 e. The minimum atomic E-state index is -0.0838. The summed E-state index contributed by atoms with van der Waals surface area (Å²) >= 11 is 0. The lowest BCUT2D eigenvalue weighted by molar-refractivity contribution is -0.117. The van der Waals surface area contributed by atoms with Crippen molar-refractivity contribution in [3.63, 3.8) is 0 Å². The minimum absolute atomic E-state index is 0.0647. The van der Waals surface area contributed by atoms with Crippen LogP contribution in [0.5, 0.6) is 0 Å². The van der Waals surface area contributed by atoms with E-state index in [1.807, 2.05) is 24.4 Å². The zero-order valence-corrected chi connectivity index (χ0v) is 14.0. The first-order chi connectivity index (χ1) is 11.8. The Labute approximate surface area is 142 Å². The van der Waals surface area contributed by atoms with Crippen LogP contribution in [-0.2, 0) is 4.79 Å². The third kappa shape index (κ3) is 4.23. The van der Waals surface area contributed by atoms with Crippen LogP contribution in [0.15, 0.2) is 30.6 Å². The summed E-state index contributed by atoms with van der Waals surface area (Å²) < 4.78 is 0. The Morgan fingerprint density at radius 2 is 2.25 bits per heavy atom. The monoisotopic (exact) mass is 326 g/mol. The molecule has 1 amide bonds. The van der Waals surface area contributed by atoms with Gasteiger partial charge < -0.3 is 16.0 Å². The topological polar surface area (TPSA) is 83.8 Å². The Morgan fingerprint density at radius 3 is 3.04 bits per heavy atom. The number of rotatable bonds is 6. The van der Waals surface area contributed by atoms with Crippen molar-refractivity contribution in [1.82, 2.24) is 15.3 Å². The number of nitrogens with two attached hydrogens (primary N) is 1. The molecular formula is C19H26N4O. The molecule has 1 saturated carbocycles. The van der Waals surface area contributed by atoms with E-state index in [1.54, 1.807) is 12.3 Å². The van der Waals surface area contributed by atoms with Crippen molar-refractivity contribution in [3.8, 4) is 0 Å². The lowest BCUT2D eigenvalue weighted by atomic mass is 9.85. The van der Waals surface area contributed by atoms with E-state index >= 15 is 0 Å². The summed E-state index contributed by atoms with van der Waals surface area (Å²) in [6, 6.07) is 3.94. The molecule has 1 fully saturated rings. The van der Waals surface area contributed by atoms with E-state index < -0.39 is 0 Å². The molecule has 2 heterocycles. The summed E-state index contributed by atoms with van der Waals surface area (Å²) in [7, 11) is 0. The molecule has 5 nitrogen and oxygen atoms in total. The number of fused-ring (bicyclic) bond motifs is 1. The van der Waals surface area contributed by atoms with Crippen molar-refractivity contribution in [2.75, 3.05) is 6.54 Å². The van der Waals surface area contributed by atoms with Gasteiger partial charge >= 0.3 is 0 Å². The molecule has 2 aromatic heterocycles. The maximum atomic E-state index is 12.2. The van der Waals surface area contributed by atoms with E-state index in [1.165, 1.54) is 32.1 Å². The molecule has 0 bridgehead atoms. The number of pyridine rings is 1. The highest BCUT2D eigenvalue weighted by Crippen LogP contribution is 2.27. The highest BCUT2D eigenvalue weighted by Gasteiger charge is 2.18. The number of hydrogen-bond acceptors (Lipinski definition) is 3. The molecular weight excluding hydrogens is 300 g/mol. The molecule has 4 N–H and O–H groups in total. The van der Waals surface area contributed by atoms with Gasteiger partial charge in [-0.3, -0.25) is 4.79 Å². The summed E-state index contributed by atoms with van der Waals surface area (Å²) in [4.78, 5) is 19.6. The number of amides is 1. The molecule has 3 rings (SSSR count). The van der Waals surface area contributed by atoms with E-state index in [0.29, 0.717) is 12.5 Å². The van der Waals surface area contributed by atoms with Crippen LogP contribution in [0.2, 0.25) is 0 Å². The average Bonchev–Trinajstić information content (AvgIpc) is 3.03. The zero-order chi connectivity index (χ0) is 16.8. The Kier molecular flexibility index (Phi) is 5.64. The maximum absolute atomic E-state index is 12.2. The molecule has 2 aromatic rings. The van der Waals surface area contributed by atoms with E-state index in [0.717, 1.165) is 23.0 Å². The van der Waals surface area contributed by atoms with E-state index in [4.69, 9.17) is 5.73 Å². The molecule has 1 aliphatic rings. The van der Waals surface area contributed by atoms with Crippen molar-refractivity contribution >= 4 is 23.0 Å². The maximum Gasteiger partial charge on any atom is 0.244 e. The molecule has 0 spiro atoms. The highest BCUT2D eigenvalue weighted by molar-refractivity contribution is 5.95. The fourth-order valence-electron chi connectivity index (χ4n) is 3.57. The number of nitrogens with zero attached hydrogens (tertiary/aromatic N) is 1. The molecule has 0 aromatic carbocycles. The summed E-state index contributed by atoms with van der Waals surface area (Å²) in [6.45, 7) is 0.493. The Bertz CT molecular complexity index is 700. The molecule has 1 atom stereocenters. The van der Waals surface area contributed by atoms with Gasteiger partial charge in [-0.05, 0) is 30.5 Å². The van der Waals surface area contributed by atoms with Gasteiger partial charge in [-0.25, -0.2) is 4.98 Å². The van der Waals surface area contributed by atoms with Crippen LogP contribution in [0.25, 0.3) is 17.1 Å². The molecule has 5 heteroatoms. The molecule has 128 valence electrons. The van der Waals surface area contributed by atoms with Crippen LogP contribution in [0.1, 0.15) is 44.1 Å². The number of carbonyl (C=O) groups excluding carboxylic acids is 1. The molecule has 0 unspecified atom stereocenters. The minimum Gasteiger partial charge on any atom is -0.349 e.